The molecule has 4 atom stereocenters. The number of ether oxygens (including phenoxy) is 1. The second kappa shape index (κ2) is 11.3. The fraction of sp³-hybridized carbons (Fsp3) is 0.200. The molecule has 6 rings (SSSR count). The van der Waals surface area contributed by atoms with Gasteiger partial charge in [-0.25, -0.2) is 0 Å². The number of carbonyl (C=O) groups excluding carboxylic acids is 2. The highest BCUT2D eigenvalue weighted by Gasteiger charge is 2.43. The summed E-state index contributed by atoms with van der Waals surface area (Å²) in [7, 11) is 0. The molecule has 1 heterocycles. The first kappa shape index (κ1) is 30.2. The van der Waals surface area contributed by atoms with Gasteiger partial charge >= 0.3 is 0 Å². The fourth-order valence-electron chi connectivity index (χ4n) is 6.69. The number of Topliss-reactive ketones (excluding diaryl/α,β-unsaturated/α-hetero) is 2. The predicted octanol–water partition coefficient (Wildman–Crippen LogP) is 5.75. The van der Waals surface area contributed by atoms with Gasteiger partial charge in [-0.05, 0) is 49.2 Å². The Morgan fingerprint density at radius 3 is 2.07 bits per heavy atom. The minimum atomic E-state index is -1.13. The van der Waals surface area contributed by atoms with Gasteiger partial charge in [0, 0.05) is 58.7 Å². The van der Waals surface area contributed by atoms with Crippen LogP contribution < -0.4 is 4.74 Å². The highest BCUT2D eigenvalue weighted by molar-refractivity contribution is 6.03. The summed E-state index contributed by atoms with van der Waals surface area (Å²) in [5, 5.41) is 84.3. The van der Waals surface area contributed by atoms with Crippen LogP contribution in [0.2, 0.25) is 0 Å². The number of rotatable bonds is 5. The van der Waals surface area contributed by atoms with E-state index in [2.05, 4.69) is 0 Å². The third-order valence-corrected chi connectivity index (χ3v) is 8.62. The highest BCUT2D eigenvalue weighted by atomic mass is 16.5. The van der Waals surface area contributed by atoms with Crippen LogP contribution in [0, 0.1) is 5.92 Å². The van der Waals surface area contributed by atoms with Gasteiger partial charge in [-0.2, -0.15) is 0 Å². The van der Waals surface area contributed by atoms with E-state index in [-0.39, 0.29) is 75.3 Å². The molecule has 1 aliphatic heterocycles. The number of carbonyl (C=O) groups is 2. The third kappa shape index (κ3) is 5.25. The molecule has 11 nitrogen and oxygen atoms in total. The summed E-state index contributed by atoms with van der Waals surface area (Å²) in [6.45, 7) is 1.79. The first-order chi connectivity index (χ1) is 21.8. The van der Waals surface area contributed by atoms with Crippen LogP contribution in [0.15, 0.2) is 72.3 Å². The van der Waals surface area contributed by atoms with Gasteiger partial charge in [-0.3, -0.25) is 9.59 Å². The maximum Gasteiger partial charge on any atom is 0.174 e. The van der Waals surface area contributed by atoms with E-state index in [1.165, 1.54) is 42.5 Å². The number of phenolic OH excluding ortho intramolecular Hbond substituents is 8. The van der Waals surface area contributed by atoms with Crippen molar-refractivity contribution >= 4 is 11.6 Å². The van der Waals surface area contributed by atoms with Crippen LogP contribution in [0.4, 0.5) is 0 Å². The second-order valence-corrected chi connectivity index (χ2v) is 11.7. The molecule has 0 fully saturated rings. The zero-order valence-corrected chi connectivity index (χ0v) is 24.4. The first-order valence-corrected chi connectivity index (χ1v) is 14.4. The molecule has 0 saturated heterocycles. The van der Waals surface area contributed by atoms with Crippen molar-refractivity contribution in [1.29, 1.82) is 0 Å². The zero-order chi connectivity index (χ0) is 33.0. The van der Waals surface area contributed by atoms with E-state index in [9.17, 15) is 50.4 Å². The first-order valence-electron chi connectivity index (χ1n) is 14.4. The Bertz CT molecular complexity index is 1920. The van der Waals surface area contributed by atoms with Gasteiger partial charge in [0.15, 0.2) is 11.6 Å². The van der Waals surface area contributed by atoms with Crippen molar-refractivity contribution in [3.8, 4) is 51.7 Å². The lowest BCUT2D eigenvalue weighted by Crippen LogP contribution is -2.32. The van der Waals surface area contributed by atoms with Crippen LogP contribution in [0.1, 0.15) is 75.1 Å². The Balaban J connectivity index is 1.51. The molecule has 0 radical (unpaired) electrons. The Hall–Kier alpha value is -5.84. The van der Waals surface area contributed by atoms with E-state index in [0.29, 0.717) is 5.56 Å². The van der Waals surface area contributed by atoms with E-state index in [4.69, 9.17) is 4.74 Å². The molecule has 11 heteroatoms. The minimum Gasteiger partial charge on any atom is -0.508 e. The lowest BCUT2D eigenvalue weighted by molar-refractivity contribution is 0.0841. The SMILES string of the molecule is CC1=C[C@@H](c2c(O)ccc([C@@H]3CC(=O)c4c(O)cc(O)cc4O3)c2O)[C@@H](C(=O)c2cc(O)cc(O)c2)[C@@H](c2ccc(O)cc2O)C1. The van der Waals surface area contributed by atoms with E-state index in [1.807, 2.05) is 0 Å². The molecule has 1 aliphatic carbocycles. The van der Waals surface area contributed by atoms with E-state index < -0.39 is 46.9 Å². The second-order valence-electron chi connectivity index (χ2n) is 11.7. The Morgan fingerprint density at radius 1 is 0.717 bits per heavy atom. The average Bonchev–Trinajstić information content (AvgIpc) is 2.95. The third-order valence-electron chi connectivity index (χ3n) is 8.62. The number of fused-ring (bicyclic) bond motifs is 1. The van der Waals surface area contributed by atoms with Crippen molar-refractivity contribution in [3.05, 3.63) is 100 Å². The van der Waals surface area contributed by atoms with Crippen LogP contribution in [-0.4, -0.2) is 52.4 Å². The summed E-state index contributed by atoms with van der Waals surface area (Å²) >= 11 is 0. The van der Waals surface area contributed by atoms with Crippen molar-refractivity contribution in [1.82, 2.24) is 0 Å². The van der Waals surface area contributed by atoms with Crippen molar-refractivity contribution in [2.75, 3.05) is 0 Å². The molecule has 0 unspecified atom stereocenters. The predicted molar refractivity (Wildman–Crippen MR) is 163 cm³/mol. The van der Waals surface area contributed by atoms with E-state index >= 15 is 0 Å². The maximum atomic E-state index is 14.3. The number of aromatic hydroxyl groups is 8. The molecule has 0 spiro atoms. The molecule has 0 saturated carbocycles. The van der Waals surface area contributed by atoms with Gasteiger partial charge in [0.05, 0.1) is 6.42 Å². The molecule has 0 aromatic heterocycles. The zero-order valence-electron chi connectivity index (χ0n) is 24.4. The lowest BCUT2D eigenvalue weighted by atomic mass is 9.65. The summed E-state index contributed by atoms with van der Waals surface area (Å²) in [5.41, 5.74) is 0.912. The van der Waals surface area contributed by atoms with Gasteiger partial charge in [0.25, 0.3) is 0 Å². The number of hydrogen-bond donors (Lipinski definition) is 8. The van der Waals surface area contributed by atoms with Gasteiger partial charge < -0.3 is 45.6 Å². The molecule has 8 N–H and O–H groups in total. The van der Waals surface area contributed by atoms with Gasteiger partial charge in [-0.1, -0.05) is 17.7 Å². The van der Waals surface area contributed by atoms with Crippen LogP contribution >= 0.6 is 0 Å². The molecule has 4 aromatic carbocycles. The van der Waals surface area contributed by atoms with Crippen LogP contribution in [0.5, 0.6) is 51.7 Å². The molecule has 0 bridgehead atoms. The topological polar surface area (TPSA) is 205 Å². The molecular formula is C35H30O11. The smallest absolute Gasteiger partial charge is 0.174 e. The average molecular weight is 627 g/mol. The number of benzene rings is 4. The molecular weight excluding hydrogens is 596 g/mol. The van der Waals surface area contributed by atoms with Gasteiger partial charge in [-0.15, -0.1) is 0 Å². The van der Waals surface area contributed by atoms with Crippen molar-refractivity contribution < 1.29 is 55.2 Å². The summed E-state index contributed by atoms with van der Waals surface area (Å²) in [4.78, 5) is 27.4. The van der Waals surface area contributed by atoms with Crippen molar-refractivity contribution in [2.24, 2.45) is 5.92 Å². The van der Waals surface area contributed by atoms with Gasteiger partial charge in [0.2, 0.25) is 0 Å². The van der Waals surface area contributed by atoms with E-state index in [1.54, 1.807) is 13.0 Å². The normalized spacial score (nSPS) is 20.8. The molecule has 2 aliphatic rings. The summed E-state index contributed by atoms with van der Waals surface area (Å²) in [6, 6.07) is 12.2. The fourth-order valence-corrected chi connectivity index (χ4v) is 6.69. The van der Waals surface area contributed by atoms with E-state index in [0.717, 1.165) is 23.8 Å². The Labute approximate surface area is 262 Å². The van der Waals surface area contributed by atoms with Crippen LogP contribution in [0.3, 0.4) is 0 Å². The Morgan fingerprint density at radius 2 is 1.37 bits per heavy atom. The number of phenols is 8. The largest absolute Gasteiger partial charge is 0.508 e. The molecule has 46 heavy (non-hydrogen) atoms. The summed E-state index contributed by atoms with van der Waals surface area (Å²) < 4.78 is 5.94. The summed E-state index contributed by atoms with van der Waals surface area (Å²) in [5.74, 6) is -6.97. The van der Waals surface area contributed by atoms with Crippen molar-refractivity contribution in [2.45, 2.75) is 37.7 Å². The number of hydrogen-bond acceptors (Lipinski definition) is 11. The van der Waals surface area contributed by atoms with Crippen LogP contribution in [0.25, 0.3) is 0 Å². The van der Waals surface area contributed by atoms with Crippen LogP contribution in [-0.2, 0) is 0 Å². The molecule has 0 amide bonds. The standard InChI is InChI=1S/C35H30O11/c1-15-6-23(21-3-2-17(36)11-26(21)41)31(34(44)16-8-18(37)10-19(38)9-16)24(7-15)32-25(40)5-4-22(35(32)45)29-14-28(43)33-27(42)12-20(39)13-30(33)46-29/h2-5,7-13,23-24,29,31,36-42,45H,6,14H2,1H3/t23-,24-,29+,31+/m1/s1. The highest BCUT2D eigenvalue weighted by Crippen LogP contribution is 2.54. The summed E-state index contributed by atoms with van der Waals surface area (Å²) in [6.07, 6.45) is 0.581. The minimum absolute atomic E-state index is 0.0590. The lowest BCUT2D eigenvalue weighted by Gasteiger charge is -2.37. The molecule has 236 valence electrons. The maximum absolute atomic E-state index is 14.3. The van der Waals surface area contributed by atoms with Crippen molar-refractivity contribution in [3.63, 3.8) is 0 Å². The van der Waals surface area contributed by atoms with Gasteiger partial charge in [0.1, 0.15) is 63.4 Å². The monoisotopic (exact) mass is 626 g/mol. The quantitative estimate of drug-likeness (QED) is 0.0988. The number of ketones is 2. The Kier molecular flexibility index (Phi) is 7.39. The molecule has 4 aromatic rings. The number of allylic oxidation sites excluding steroid dienone is 2.